The van der Waals surface area contributed by atoms with E-state index in [1.807, 2.05) is 43.5 Å². The molecule has 1 saturated carbocycles. The number of phenols is 1. The zero-order valence-electron chi connectivity index (χ0n) is 19.6. The summed E-state index contributed by atoms with van der Waals surface area (Å²) in [6, 6.07) is 11.3. The Hall–Kier alpha value is -4.27. The summed E-state index contributed by atoms with van der Waals surface area (Å²) >= 11 is 0. The molecular formula is C27H24F2N6O. The van der Waals surface area contributed by atoms with E-state index in [-0.39, 0.29) is 18.2 Å². The third-order valence-electron chi connectivity index (χ3n) is 6.77. The van der Waals surface area contributed by atoms with Crippen molar-refractivity contribution >= 4 is 22.4 Å². The largest absolute Gasteiger partial charge is 0.508 e. The number of rotatable bonds is 5. The molecule has 4 aromatic rings. The molecule has 1 unspecified atom stereocenters. The Bertz CT molecular complexity index is 1530. The number of nitrogens with zero attached hydrogens (tertiary/aromatic N) is 4. The van der Waals surface area contributed by atoms with Crippen molar-refractivity contribution in [2.24, 2.45) is 4.99 Å². The lowest BCUT2D eigenvalue weighted by Crippen LogP contribution is -2.36. The van der Waals surface area contributed by atoms with Crippen LogP contribution in [0.3, 0.4) is 0 Å². The van der Waals surface area contributed by atoms with Gasteiger partial charge in [0.2, 0.25) is 0 Å². The van der Waals surface area contributed by atoms with E-state index in [1.165, 1.54) is 5.57 Å². The minimum Gasteiger partial charge on any atom is -0.508 e. The highest BCUT2D eigenvalue weighted by molar-refractivity contribution is 6.09. The second-order valence-electron chi connectivity index (χ2n) is 9.14. The molecule has 182 valence electrons. The summed E-state index contributed by atoms with van der Waals surface area (Å²) in [4.78, 5) is 9.16. The van der Waals surface area contributed by atoms with Crippen molar-refractivity contribution in [3.05, 3.63) is 94.7 Å². The zero-order chi connectivity index (χ0) is 24.8. The van der Waals surface area contributed by atoms with E-state index in [0.29, 0.717) is 11.5 Å². The Kier molecular flexibility index (Phi) is 5.40. The second-order valence-corrected chi connectivity index (χ2v) is 9.14. The fraction of sp³-hybridized carbons (Fsp3) is 0.222. The van der Waals surface area contributed by atoms with Crippen LogP contribution in [0.15, 0.2) is 71.2 Å². The van der Waals surface area contributed by atoms with Gasteiger partial charge in [0.05, 0.1) is 18.1 Å². The van der Waals surface area contributed by atoms with Gasteiger partial charge in [-0.05, 0) is 49.5 Å². The minimum atomic E-state index is -0.820. The summed E-state index contributed by atoms with van der Waals surface area (Å²) in [5, 5.41) is 22.1. The first-order chi connectivity index (χ1) is 17.5. The number of fused-ring (bicyclic) bond motifs is 2. The number of amidine groups is 1. The maximum absolute atomic E-state index is 14.5. The van der Waals surface area contributed by atoms with E-state index in [2.05, 4.69) is 15.6 Å². The topological polar surface area (TPSA) is 87.4 Å². The molecule has 0 saturated heterocycles. The van der Waals surface area contributed by atoms with Crippen LogP contribution in [0.1, 0.15) is 36.1 Å². The first-order valence-electron chi connectivity index (χ1n) is 11.9. The standard InChI is InChI=1S/C27H24F2N6O/c1-15-13-30-10-9-22(15)31-26-17-6-4-7-23(17)32-27(33-26)25-18-5-2-3-8-24(18)35(34-25)14-19-20(28)11-16(36)12-21(19)29/h2-3,5,8-13,23,36H,4,6-7,14H2,1H3,(H,30,31)(H,32,33). The van der Waals surface area contributed by atoms with Gasteiger partial charge < -0.3 is 15.7 Å². The van der Waals surface area contributed by atoms with Gasteiger partial charge in [-0.2, -0.15) is 5.10 Å². The Morgan fingerprint density at radius 2 is 1.97 bits per heavy atom. The molecule has 0 spiro atoms. The molecule has 0 amide bonds. The highest BCUT2D eigenvalue weighted by Gasteiger charge is 2.31. The summed E-state index contributed by atoms with van der Waals surface area (Å²) in [5.74, 6) is -0.587. The number of para-hydroxylation sites is 1. The van der Waals surface area contributed by atoms with Gasteiger partial charge in [0, 0.05) is 41.2 Å². The first-order valence-corrected chi connectivity index (χ1v) is 11.9. The number of aliphatic imine (C=N–C) groups is 1. The number of anilines is 1. The molecule has 36 heavy (non-hydrogen) atoms. The lowest BCUT2D eigenvalue weighted by Gasteiger charge is -2.25. The maximum Gasteiger partial charge on any atom is 0.156 e. The van der Waals surface area contributed by atoms with Crippen LogP contribution in [0.5, 0.6) is 5.75 Å². The fourth-order valence-corrected chi connectivity index (χ4v) is 4.94. The molecule has 0 radical (unpaired) electrons. The number of aromatic hydroxyl groups is 1. The van der Waals surface area contributed by atoms with Crippen LogP contribution >= 0.6 is 0 Å². The molecule has 0 bridgehead atoms. The van der Waals surface area contributed by atoms with Crippen LogP contribution in [0.4, 0.5) is 14.5 Å². The Balaban J connectivity index is 1.40. The highest BCUT2D eigenvalue weighted by Crippen LogP contribution is 2.34. The molecule has 3 N–H and O–H groups in total. The molecule has 3 heterocycles. The number of nitrogens with one attached hydrogen (secondary N) is 2. The Morgan fingerprint density at radius 1 is 1.17 bits per heavy atom. The highest BCUT2D eigenvalue weighted by atomic mass is 19.1. The fourth-order valence-electron chi connectivity index (χ4n) is 4.94. The summed E-state index contributed by atoms with van der Waals surface area (Å²) in [7, 11) is 0. The van der Waals surface area contributed by atoms with Crippen LogP contribution < -0.4 is 10.6 Å². The van der Waals surface area contributed by atoms with Gasteiger partial charge in [0.1, 0.15) is 28.9 Å². The molecule has 1 atom stereocenters. The van der Waals surface area contributed by atoms with Gasteiger partial charge in [-0.15, -0.1) is 0 Å². The van der Waals surface area contributed by atoms with Crippen molar-refractivity contribution in [1.82, 2.24) is 20.1 Å². The number of benzene rings is 2. The normalized spacial score (nSPS) is 17.2. The summed E-state index contributed by atoms with van der Waals surface area (Å²) in [6.07, 6.45) is 6.52. The number of hydrogen-bond donors (Lipinski definition) is 3. The van der Waals surface area contributed by atoms with Gasteiger partial charge in [-0.1, -0.05) is 18.2 Å². The lowest BCUT2D eigenvalue weighted by molar-refractivity contribution is 0.454. The minimum absolute atomic E-state index is 0.0433. The molecule has 1 aliphatic heterocycles. The summed E-state index contributed by atoms with van der Waals surface area (Å²) < 4.78 is 30.6. The average Bonchev–Trinajstić information content (AvgIpc) is 3.48. The molecule has 1 aliphatic carbocycles. The van der Waals surface area contributed by atoms with Crippen molar-refractivity contribution < 1.29 is 13.9 Å². The Labute approximate surface area is 206 Å². The smallest absolute Gasteiger partial charge is 0.156 e. The number of phenolic OH excluding ortho intramolecular Hbond substituents is 1. The third-order valence-corrected chi connectivity index (χ3v) is 6.77. The van der Waals surface area contributed by atoms with E-state index >= 15 is 0 Å². The predicted molar refractivity (Wildman–Crippen MR) is 134 cm³/mol. The molecule has 2 aliphatic rings. The average molecular weight is 487 g/mol. The number of aryl methyl sites for hydroxylation is 1. The van der Waals surface area contributed by atoms with E-state index in [4.69, 9.17) is 10.1 Å². The van der Waals surface area contributed by atoms with E-state index in [0.717, 1.165) is 59.4 Å². The van der Waals surface area contributed by atoms with Crippen molar-refractivity contribution in [3.63, 3.8) is 0 Å². The molecule has 2 aromatic heterocycles. The summed E-state index contributed by atoms with van der Waals surface area (Å²) in [6.45, 7) is 1.87. The molecule has 6 rings (SSSR count). The second kappa shape index (κ2) is 8.75. The SMILES string of the molecule is Cc1cnccc1NC1=C2CCCC2N=C(c2nn(Cc3c(F)cc(O)cc3F)c3ccccc23)N1. The van der Waals surface area contributed by atoms with Crippen LogP contribution in [0.25, 0.3) is 10.9 Å². The first kappa shape index (κ1) is 22.2. The van der Waals surface area contributed by atoms with Crippen molar-refractivity contribution in [1.29, 1.82) is 0 Å². The quantitative estimate of drug-likeness (QED) is 0.370. The zero-order valence-corrected chi connectivity index (χ0v) is 19.6. The van der Waals surface area contributed by atoms with Crippen molar-refractivity contribution in [3.8, 4) is 5.75 Å². The van der Waals surface area contributed by atoms with Gasteiger partial charge >= 0.3 is 0 Å². The number of aromatic nitrogens is 3. The molecule has 9 heteroatoms. The van der Waals surface area contributed by atoms with Crippen molar-refractivity contribution in [2.45, 2.75) is 38.8 Å². The van der Waals surface area contributed by atoms with E-state index in [1.54, 1.807) is 10.9 Å². The molecular weight excluding hydrogens is 462 g/mol. The van der Waals surface area contributed by atoms with E-state index < -0.39 is 17.4 Å². The van der Waals surface area contributed by atoms with E-state index in [9.17, 15) is 13.9 Å². The van der Waals surface area contributed by atoms with Gasteiger partial charge in [0.25, 0.3) is 0 Å². The number of pyridine rings is 1. The lowest BCUT2D eigenvalue weighted by atomic mass is 10.1. The van der Waals surface area contributed by atoms with Gasteiger partial charge in [-0.25, -0.2) is 8.78 Å². The molecule has 7 nitrogen and oxygen atoms in total. The van der Waals surface area contributed by atoms with Gasteiger partial charge in [-0.3, -0.25) is 14.7 Å². The van der Waals surface area contributed by atoms with Crippen molar-refractivity contribution in [2.75, 3.05) is 5.32 Å². The molecule has 1 fully saturated rings. The van der Waals surface area contributed by atoms with Crippen LogP contribution in [-0.4, -0.2) is 31.7 Å². The number of hydrogen-bond acceptors (Lipinski definition) is 6. The molecule has 2 aromatic carbocycles. The predicted octanol–water partition coefficient (Wildman–Crippen LogP) is 5.00. The van der Waals surface area contributed by atoms with Crippen LogP contribution in [0, 0.1) is 18.6 Å². The maximum atomic E-state index is 14.5. The van der Waals surface area contributed by atoms with Crippen LogP contribution in [-0.2, 0) is 6.54 Å². The van der Waals surface area contributed by atoms with Crippen LogP contribution in [0.2, 0.25) is 0 Å². The third kappa shape index (κ3) is 3.86. The monoisotopic (exact) mass is 486 g/mol. The Morgan fingerprint density at radius 3 is 2.78 bits per heavy atom. The summed E-state index contributed by atoms with van der Waals surface area (Å²) in [5.41, 5.74) is 4.39. The number of halogens is 2. The van der Waals surface area contributed by atoms with Gasteiger partial charge in [0.15, 0.2) is 5.84 Å².